The monoisotopic (exact) mass is 238 g/mol. The third-order valence-corrected chi connectivity index (χ3v) is 4.53. The number of thiazole rings is 1. The molecule has 0 spiro atoms. The van der Waals surface area contributed by atoms with E-state index in [-0.39, 0.29) is 5.54 Å². The van der Waals surface area contributed by atoms with Gasteiger partial charge in [-0.15, -0.1) is 11.3 Å². The first-order valence-electron chi connectivity index (χ1n) is 6.42. The Balaban J connectivity index is 2.18. The molecule has 0 aliphatic heterocycles. The number of rotatable bonds is 4. The van der Waals surface area contributed by atoms with Crippen molar-refractivity contribution in [2.75, 3.05) is 6.54 Å². The Morgan fingerprint density at radius 2 is 2.50 bits per heavy atom. The highest BCUT2D eigenvalue weighted by molar-refractivity contribution is 7.09. The fraction of sp³-hybridized carbons (Fsp3) is 0.769. The summed E-state index contributed by atoms with van der Waals surface area (Å²) >= 11 is 1.81. The highest BCUT2D eigenvalue weighted by Crippen LogP contribution is 2.40. The summed E-state index contributed by atoms with van der Waals surface area (Å²) in [7, 11) is 0. The first kappa shape index (κ1) is 12.1. The van der Waals surface area contributed by atoms with Crippen LogP contribution in [0.2, 0.25) is 0 Å². The second kappa shape index (κ2) is 5.28. The van der Waals surface area contributed by atoms with Crippen molar-refractivity contribution in [2.45, 2.75) is 51.5 Å². The van der Waals surface area contributed by atoms with Crippen molar-refractivity contribution in [3.8, 4) is 0 Å². The predicted molar refractivity (Wildman–Crippen MR) is 69.7 cm³/mol. The van der Waals surface area contributed by atoms with E-state index in [1.807, 2.05) is 17.5 Å². The molecule has 1 heterocycles. The molecule has 0 bridgehead atoms. The van der Waals surface area contributed by atoms with Gasteiger partial charge in [-0.1, -0.05) is 26.7 Å². The average molecular weight is 238 g/mol. The largest absolute Gasteiger partial charge is 0.305 e. The third kappa shape index (κ3) is 2.46. The molecule has 2 nitrogen and oxygen atoms in total. The highest BCUT2D eigenvalue weighted by atomic mass is 32.1. The van der Waals surface area contributed by atoms with Crippen molar-refractivity contribution >= 4 is 11.3 Å². The quantitative estimate of drug-likeness (QED) is 0.867. The molecule has 16 heavy (non-hydrogen) atoms. The second-order valence-corrected chi connectivity index (χ2v) is 5.94. The van der Waals surface area contributed by atoms with E-state index in [1.165, 1.54) is 37.1 Å². The molecule has 1 aliphatic carbocycles. The average Bonchev–Trinajstić information content (AvgIpc) is 2.80. The summed E-state index contributed by atoms with van der Waals surface area (Å²) in [5.41, 5.74) is 0.182. The number of aromatic nitrogens is 1. The predicted octanol–water partition coefficient (Wildman–Crippen LogP) is 3.55. The zero-order chi connectivity index (χ0) is 11.4. The lowest BCUT2D eigenvalue weighted by Gasteiger charge is -2.39. The minimum Gasteiger partial charge on any atom is -0.305 e. The molecule has 0 radical (unpaired) electrons. The van der Waals surface area contributed by atoms with E-state index in [4.69, 9.17) is 0 Å². The van der Waals surface area contributed by atoms with E-state index in [1.54, 1.807) is 0 Å². The summed E-state index contributed by atoms with van der Waals surface area (Å²) in [6, 6.07) is 0. The van der Waals surface area contributed by atoms with Crippen LogP contribution in [0.3, 0.4) is 0 Å². The summed E-state index contributed by atoms with van der Waals surface area (Å²) < 4.78 is 0. The highest BCUT2D eigenvalue weighted by Gasteiger charge is 2.37. The van der Waals surface area contributed by atoms with Crippen LogP contribution >= 0.6 is 11.3 Å². The smallest absolute Gasteiger partial charge is 0.113 e. The lowest BCUT2D eigenvalue weighted by Crippen LogP contribution is -2.46. The van der Waals surface area contributed by atoms with Gasteiger partial charge >= 0.3 is 0 Å². The van der Waals surface area contributed by atoms with Crippen molar-refractivity contribution in [1.29, 1.82) is 0 Å². The van der Waals surface area contributed by atoms with Gasteiger partial charge in [-0.25, -0.2) is 4.98 Å². The van der Waals surface area contributed by atoms with E-state index >= 15 is 0 Å². The van der Waals surface area contributed by atoms with E-state index in [0.717, 1.165) is 12.5 Å². The molecule has 1 aromatic rings. The van der Waals surface area contributed by atoms with Gasteiger partial charge in [0.25, 0.3) is 0 Å². The van der Waals surface area contributed by atoms with E-state index in [0.29, 0.717) is 0 Å². The molecule has 2 rings (SSSR count). The summed E-state index contributed by atoms with van der Waals surface area (Å²) in [5.74, 6) is 0.821. The zero-order valence-electron chi connectivity index (χ0n) is 10.3. The molecular weight excluding hydrogens is 216 g/mol. The molecule has 1 aliphatic rings. The maximum Gasteiger partial charge on any atom is 0.113 e. The zero-order valence-corrected chi connectivity index (χ0v) is 11.1. The number of hydrogen-bond acceptors (Lipinski definition) is 3. The van der Waals surface area contributed by atoms with Crippen LogP contribution in [0.1, 0.15) is 51.0 Å². The van der Waals surface area contributed by atoms with Gasteiger partial charge < -0.3 is 5.32 Å². The van der Waals surface area contributed by atoms with Crippen molar-refractivity contribution < 1.29 is 0 Å². The number of nitrogens with zero attached hydrogens (tertiary/aromatic N) is 1. The minimum absolute atomic E-state index is 0.182. The van der Waals surface area contributed by atoms with Crippen LogP contribution in [0.15, 0.2) is 11.6 Å². The van der Waals surface area contributed by atoms with E-state index in [9.17, 15) is 0 Å². The molecule has 1 aromatic heterocycles. The Morgan fingerprint density at radius 3 is 3.12 bits per heavy atom. The SMILES string of the molecule is CCCNC1(c2nccs2)CCCC(C)C1. The molecule has 2 unspecified atom stereocenters. The Hall–Kier alpha value is -0.410. The first-order valence-corrected chi connectivity index (χ1v) is 7.30. The van der Waals surface area contributed by atoms with Crippen LogP contribution < -0.4 is 5.32 Å². The number of hydrogen-bond donors (Lipinski definition) is 1. The molecular formula is C13H22N2S. The van der Waals surface area contributed by atoms with Crippen molar-refractivity contribution in [2.24, 2.45) is 5.92 Å². The Morgan fingerprint density at radius 1 is 1.62 bits per heavy atom. The molecule has 1 N–H and O–H groups in total. The topological polar surface area (TPSA) is 24.9 Å². The number of nitrogens with one attached hydrogen (secondary N) is 1. The Labute approximate surface area is 102 Å². The lowest BCUT2D eigenvalue weighted by molar-refractivity contribution is 0.187. The van der Waals surface area contributed by atoms with E-state index in [2.05, 4.69) is 29.5 Å². The van der Waals surface area contributed by atoms with Crippen LogP contribution in [0.5, 0.6) is 0 Å². The normalized spacial score (nSPS) is 30.5. The van der Waals surface area contributed by atoms with Crippen molar-refractivity contribution in [3.63, 3.8) is 0 Å². The fourth-order valence-corrected chi connectivity index (χ4v) is 3.66. The summed E-state index contributed by atoms with van der Waals surface area (Å²) in [6.07, 6.45) is 8.35. The molecule has 3 heteroatoms. The second-order valence-electron chi connectivity index (χ2n) is 5.05. The Bertz CT molecular complexity index is 310. The van der Waals surface area contributed by atoms with Crippen LogP contribution in [0.4, 0.5) is 0 Å². The standard InChI is InChI=1S/C13H22N2S/c1-3-7-15-13(12-14-8-9-16-12)6-4-5-11(2)10-13/h8-9,11,15H,3-7,10H2,1-2H3. The molecule has 2 atom stereocenters. The lowest BCUT2D eigenvalue weighted by atomic mass is 9.76. The van der Waals surface area contributed by atoms with Crippen LogP contribution in [0.25, 0.3) is 0 Å². The van der Waals surface area contributed by atoms with Crippen LogP contribution in [-0.2, 0) is 5.54 Å². The van der Waals surface area contributed by atoms with Gasteiger partial charge in [-0.3, -0.25) is 0 Å². The molecule has 1 fully saturated rings. The van der Waals surface area contributed by atoms with Gasteiger partial charge in [0.1, 0.15) is 5.01 Å². The first-order chi connectivity index (χ1) is 7.77. The van der Waals surface area contributed by atoms with Crippen LogP contribution in [0, 0.1) is 5.92 Å². The van der Waals surface area contributed by atoms with Gasteiger partial charge in [0, 0.05) is 11.6 Å². The molecule has 0 amide bonds. The molecule has 0 saturated heterocycles. The van der Waals surface area contributed by atoms with Gasteiger partial charge in [-0.2, -0.15) is 0 Å². The van der Waals surface area contributed by atoms with Gasteiger partial charge in [-0.05, 0) is 31.7 Å². The maximum absolute atomic E-state index is 4.56. The summed E-state index contributed by atoms with van der Waals surface area (Å²) in [4.78, 5) is 4.56. The molecule has 1 saturated carbocycles. The van der Waals surface area contributed by atoms with Crippen molar-refractivity contribution in [3.05, 3.63) is 16.6 Å². The Kier molecular flexibility index (Phi) is 3.98. The van der Waals surface area contributed by atoms with Gasteiger partial charge in [0.05, 0.1) is 5.54 Å². The minimum atomic E-state index is 0.182. The van der Waals surface area contributed by atoms with Crippen molar-refractivity contribution in [1.82, 2.24) is 10.3 Å². The fourth-order valence-electron chi connectivity index (χ4n) is 2.81. The van der Waals surface area contributed by atoms with Gasteiger partial charge in [0.15, 0.2) is 0 Å². The molecule has 0 aromatic carbocycles. The van der Waals surface area contributed by atoms with Crippen LogP contribution in [-0.4, -0.2) is 11.5 Å². The third-order valence-electron chi connectivity index (χ3n) is 3.55. The van der Waals surface area contributed by atoms with E-state index < -0.39 is 0 Å². The molecule has 90 valence electrons. The summed E-state index contributed by atoms with van der Waals surface area (Å²) in [5, 5.41) is 7.17. The summed E-state index contributed by atoms with van der Waals surface area (Å²) in [6.45, 7) is 5.70. The van der Waals surface area contributed by atoms with Gasteiger partial charge in [0.2, 0.25) is 0 Å². The maximum atomic E-state index is 4.56.